The maximum Gasteiger partial charge on any atom is 0.228 e. The van der Waals surface area contributed by atoms with E-state index in [1.54, 1.807) is 42.5 Å². The summed E-state index contributed by atoms with van der Waals surface area (Å²) in [5, 5.41) is 2.72. The molecule has 106 valence electrons. The molecule has 0 saturated heterocycles. The van der Waals surface area contributed by atoms with Gasteiger partial charge in [-0.3, -0.25) is 4.79 Å². The Balaban J connectivity index is 1.98. The highest BCUT2D eigenvalue weighted by molar-refractivity contribution is 5.92. The summed E-state index contributed by atoms with van der Waals surface area (Å²) in [5.74, 6) is 5.01. The fraction of sp³-hybridized carbons (Fsp3) is 0.118. The number of hydrogen-bond acceptors (Lipinski definition) is 2. The van der Waals surface area contributed by atoms with Gasteiger partial charge in [0.25, 0.3) is 0 Å². The summed E-state index contributed by atoms with van der Waals surface area (Å²) in [7, 11) is 0. The van der Waals surface area contributed by atoms with Crippen LogP contribution in [0.4, 0.5) is 10.1 Å². The van der Waals surface area contributed by atoms with Gasteiger partial charge in [0.05, 0.1) is 13.0 Å². The maximum atomic E-state index is 13.5. The first kappa shape index (κ1) is 14.8. The van der Waals surface area contributed by atoms with Gasteiger partial charge in [0.1, 0.15) is 5.82 Å². The lowest BCUT2D eigenvalue weighted by atomic mass is 10.1. The van der Waals surface area contributed by atoms with E-state index in [0.717, 1.165) is 5.56 Å². The Morgan fingerprint density at radius 1 is 1.14 bits per heavy atom. The van der Waals surface area contributed by atoms with E-state index in [1.165, 1.54) is 6.07 Å². The molecule has 0 aliphatic carbocycles. The topological polar surface area (TPSA) is 55.1 Å². The Kier molecular flexibility index (Phi) is 5.08. The van der Waals surface area contributed by atoms with Crippen LogP contribution in [0.25, 0.3) is 0 Å². The predicted molar refractivity (Wildman–Crippen MR) is 81.1 cm³/mol. The SMILES string of the molecule is NCC#Cc1ccc(NC(=O)Cc2ccccc2F)cc1. The summed E-state index contributed by atoms with van der Waals surface area (Å²) in [5.41, 5.74) is 7.15. The Morgan fingerprint density at radius 2 is 1.86 bits per heavy atom. The summed E-state index contributed by atoms with van der Waals surface area (Å²) in [6, 6.07) is 13.3. The van der Waals surface area contributed by atoms with E-state index in [0.29, 0.717) is 17.8 Å². The molecule has 2 rings (SSSR count). The number of benzene rings is 2. The van der Waals surface area contributed by atoms with Crippen molar-refractivity contribution < 1.29 is 9.18 Å². The summed E-state index contributed by atoms with van der Waals surface area (Å²) in [6.45, 7) is 0.307. The Bertz CT molecular complexity index is 684. The van der Waals surface area contributed by atoms with Gasteiger partial charge in [-0.1, -0.05) is 30.0 Å². The number of amides is 1. The number of hydrogen-bond donors (Lipinski definition) is 2. The molecular weight excluding hydrogens is 267 g/mol. The van der Waals surface area contributed by atoms with E-state index >= 15 is 0 Å². The zero-order valence-corrected chi connectivity index (χ0v) is 11.4. The van der Waals surface area contributed by atoms with Crippen LogP contribution in [0.5, 0.6) is 0 Å². The van der Waals surface area contributed by atoms with Crippen LogP contribution in [0.3, 0.4) is 0 Å². The minimum absolute atomic E-state index is 0.00139. The van der Waals surface area contributed by atoms with Gasteiger partial charge in [-0.05, 0) is 35.9 Å². The molecule has 0 aromatic heterocycles. The van der Waals surface area contributed by atoms with Crippen LogP contribution in [-0.4, -0.2) is 12.5 Å². The van der Waals surface area contributed by atoms with E-state index in [9.17, 15) is 9.18 Å². The van der Waals surface area contributed by atoms with Crippen molar-refractivity contribution in [2.45, 2.75) is 6.42 Å². The number of carbonyl (C=O) groups excluding carboxylic acids is 1. The molecule has 0 saturated carbocycles. The summed E-state index contributed by atoms with van der Waals surface area (Å²) in [6.07, 6.45) is 0.00139. The molecule has 0 radical (unpaired) electrons. The normalized spacial score (nSPS) is 9.62. The number of nitrogens with one attached hydrogen (secondary N) is 1. The van der Waals surface area contributed by atoms with Crippen molar-refractivity contribution in [1.29, 1.82) is 0 Å². The predicted octanol–water partition coefficient (Wildman–Crippen LogP) is 2.32. The van der Waals surface area contributed by atoms with Gasteiger partial charge in [-0.2, -0.15) is 0 Å². The Hall–Kier alpha value is -2.64. The average molecular weight is 282 g/mol. The molecular formula is C17H15FN2O. The van der Waals surface area contributed by atoms with Crippen LogP contribution in [-0.2, 0) is 11.2 Å². The second-order valence-corrected chi connectivity index (χ2v) is 4.40. The molecule has 0 fully saturated rings. The number of anilines is 1. The first-order valence-electron chi connectivity index (χ1n) is 6.51. The van der Waals surface area contributed by atoms with Gasteiger partial charge in [0.2, 0.25) is 5.91 Å². The van der Waals surface area contributed by atoms with Crippen molar-refractivity contribution in [3.8, 4) is 11.8 Å². The quantitative estimate of drug-likeness (QED) is 0.849. The van der Waals surface area contributed by atoms with Crippen molar-refractivity contribution >= 4 is 11.6 Å². The molecule has 0 unspecified atom stereocenters. The van der Waals surface area contributed by atoms with Crippen molar-refractivity contribution in [2.75, 3.05) is 11.9 Å². The first-order chi connectivity index (χ1) is 10.2. The highest BCUT2D eigenvalue weighted by atomic mass is 19.1. The van der Waals surface area contributed by atoms with Crippen molar-refractivity contribution in [3.63, 3.8) is 0 Å². The molecule has 21 heavy (non-hydrogen) atoms. The monoisotopic (exact) mass is 282 g/mol. The Labute approximate surface area is 123 Å². The maximum absolute atomic E-state index is 13.5. The molecule has 0 bridgehead atoms. The summed E-state index contributed by atoms with van der Waals surface area (Å²) >= 11 is 0. The summed E-state index contributed by atoms with van der Waals surface area (Å²) in [4.78, 5) is 11.9. The van der Waals surface area contributed by atoms with E-state index in [-0.39, 0.29) is 18.1 Å². The van der Waals surface area contributed by atoms with Crippen molar-refractivity contribution in [2.24, 2.45) is 5.73 Å². The molecule has 0 heterocycles. The lowest BCUT2D eigenvalue weighted by Crippen LogP contribution is -2.15. The highest BCUT2D eigenvalue weighted by Crippen LogP contribution is 2.11. The van der Waals surface area contributed by atoms with Gasteiger partial charge < -0.3 is 11.1 Å². The molecule has 0 aliphatic heterocycles. The Morgan fingerprint density at radius 3 is 2.52 bits per heavy atom. The van der Waals surface area contributed by atoms with Gasteiger partial charge in [0.15, 0.2) is 0 Å². The number of halogens is 1. The molecule has 0 spiro atoms. The van der Waals surface area contributed by atoms with Gasteiger partial charge in [0, 0.05) is 11.3 Å². The fourth-order valence-electron chi connectivity index (χ4n) is 1.81. The van der Waals surface area contributed by atoms with Crippen LogP contribution in [0, 0.1) is 17.7 Å². The number of nitrogens with two attached hydrogens (primary N) is 1. The molecule has 3 N–H and O–H groups in total. The van der Waals surface area contributed by atoms with Crippen molar-refractivity contribution in [1.82, 2.24) is 0 Å². The molecule has 0 atom stereocenters. The fourth-order valence-corrected chi connectivity index (χ4v) is 1.81. The zero-order valence-electron chi connectivity index (χ0n) is 11.4. The third-order valence-corrected chi connectivity index (χ3v) is 2.81. The van der Waals surface area contributed by atoms with Gasteiger partial charge in [-0.25, -0.2) is 4.39 Å². The van der Waals surface area contributed by atoms with Crippen LogP contribution in [0.15, 0.2) is 48.5 Å². The lowest BCUT2D eigenvalue weighted by Gasteiger charge is -2.06. The van der Waals surface area contributed by atoms with E-state index in [2.05, 4.69) is 17.2 Å². The minimum atomic E-state index is -0.375. The van der Waals surface area contributed by atoms with Crippen LogP contribution >= 0.6 is 0 Å². The lowest BCUT2D eigenvalue weighted by molar-refractivity contribution is -0.115. The van der Waals surface area contributed by atoms with E-state index < -0.39 is 0 Å². The molecule has 0 aliphatic rings. The minimum Gasteiger partial charge on any atom is -0.326 e. The number of rotatable bonds is 3. The average Bonchev–Trinajstić information content (AvgIpc) is 2.49. The second kappa shape index (κ2) is 7.22. The van der Waals surface area contributed by atoms with Crippen molar-refractivity contribution in [3.05, 3.63) is 65.5 Å². The third-order valence-electron chi connectivity index (χ3n) is 2.81. The van der Waals surface area contributed by atoms with Gasteiger partial charge >= 0.3 is 0 Å². The molecule has 2 aromatic carbocycles. The molecule has 2 aromatic rings. The smallest absolute Gasteiger partial charge is 0.228 e. The largest absolute Gasteiger partial charge is 0.326 e. The second-order valence-electron chi connectivity index (χ2n) is 4.40. The highest BCUT2D eigenvalue weighted by Gasteiger charge is 2.07. The standard InChI is InChI=1S/C17H15FN2O/c18-16-6-2-1-5-14(16)12-17(21)20-15-9-7-13(8-10-15)4-3-11-19/h1-2,5-10H,11-12,19H2,(H,20,21). The molecule has 4 heteroatoms. The molecule has 3 nitrogen and oxygen atoms in total. The first-order valence-corrected chi connectivity index (χ1v) is 6.51. The third kappa shape index (κ3) is 4.44. The van der Waals surface area contributed by atoms with Crippen LogP contribution in [0.1, 0.15) is 11.1 Å². The zero-order chi connectivity index (χ0) is 15.1. The van der Waals surface area contributed by atoms with E-state index in [1.807, 2.05) is 0 Å². The molecule has 1 amide bonds. The van der Waals surface area contributed by atoms with E-state index in [4.69, 9.17) is 5.73 Å². The number of carbonyl (C=O) groups is 1. The van der Waals surface area contributed by atoms with Gasteiger partial charge in [-0.15, -0.1) is 0 Å². The van der Waals surface area contributed by atoms with Crippen LogP contribution in [0.2, 0.25) is 0 Å². The van der Waals surface area contributed by atoms with Crippen LogP contribution < -0.4 is 11.1 Å². The summed E-state index contributed by atoms with van der Waals surface area (Å²) < 4.78 is 13.5.